The molecule has 2 aromatic rings. The van der Waals surface area contributed by atoms with Crippen LogP contribution in [0.2, 0.25) is 5.15 Å². The largest absolute Gasteiger partial charge is 0.476 e. The van der Waals surface area contributed by atoms with Crippen LogP contribution < -0.4 is 4.74 Å². The third-order valence-electron chi connectivity index (χ3n) is 3.74. The van der Waals surface area contributed by atoms with Crippen molar-refractivity contribution in [3.63, 3.8) is 0 Å². The quantitative estimate of drug-likeness (QED) is 0.818. The van der Waals surface area contributed by atoms with Gasteiger partial charge in [-0.05, 0) is 11.6 Å². The number of halogens is 4. The van der Waals surface area contributed by atoms with Gasteiger partial charge in [-0.3, -0.25) is 9.88 Å². The van der Waals surface area contributed by atoms with Crippen molar-refractivity contribution < 1.29 is 17.9 Å². The predicted octanol–water partition coefficient (Wildman–Crippen LogP) is 3.66. The summed E-state index contributed by atoms with van der Waals surface area (Å²) in [6.07, 6.45) is -1.39. The first-order valence-corrected chi connectivity index (χ1v) is 7.77. The second kappa shape index (κ2) is 6.94. The van der Waals surface area contributed by atoms with Crippen LogP contribution in [0.3, 0.4) is 0 Å². The van der Waals surface area contributed by atoms with Gasteiger partial charge in [0.05, 0.1) is 24.6 Å². The Bertz CT molecular complexity index is 705. The highest BCUT2D eigenvalue weighted by molar-refractivity contribution is 6.29. The summed E-state index contributed by atoms with van der Waals surface area (Å²) in [5, 5.41) is 0.271. The molecule has 0 radical (unpaired) electrons. The Kier molecular flexibility index (Phi) is 4.91. The molecule has 8 heteroatoms. The summed E-state index contributed by atoms with van der Waals surface area (Å²) >= 11 is 5.72. The van der Waals surface area contributed by atoms with Crippen molar-refractivity contribution in [3.8, 4) is 5.88 Å². The molecule has 0 N–H and O–H groups in total. The molecular formula is C16H15ClF3N3O. The molecule has 0 atom stereocenters. The number of hydrogen-bond acceptors (Lipinski definition) is 4. The zero-order valence-corrected chi connectivity index (χ0v) is 13.4. The van der Waals surface area contributed by atoms with Gasteiger partial charge < -0.3 is 4.74 Å². The van der Waals surface area contributed by atoms with Crippen molar-refractivity contribution in [1.82, 2.24) is 14.9 Å². The molecule has 128 valence electrons. The highest BCUT2D eigenvalue weighted by atomic mass is 35.5. The van der Waals surface area contributed by atoms with E-state index in [-0.39, 0.29) is 5.15 Å². The second-order valence-electron chi connectivity index (χ2n) is 5.75. The molecule has 1 aromatic carbocycles. The highest BCUT2D eigenvalue weighted by Crippen LogP contribution is 2.30. The monoisotopic (exact) mass is 357 g/mol. The van der Waals surface area contributed by atoms with Gasteiger partial charge in [0.15, 0.2) is 5.15 Å². The molecule has 3 rings (SSSR count). The Hall–Kier alpha value is -1.86. The van der Waals surface area contributed by atoms with E-state index in [0.717, 1.165) is 19.2 Å². The summed E-state index contributed by atoms with van der Waals surface area (Å²) in [6.45, 7) is 2.51. The predicted molar refractivity (Wildman–Crippen MR) is 82.7 cm³/mol. The van der Waals surface area contributed by atoms with Gasteiger partial charge in [0.1, 0.15) is 0 Å². The maximum atomic E-state index is 12.7. The molecule has 0 spiro atoms. The van der Waals surface area contributed by atoms with Gasteiger partial charge in [-0.1, -0.05) is 29.8 Å². The average molecular weight is 358 g/mol. The molecule has 0 amide bonds. The van der Waals surface area contributed by atoms with Gasteiger partial charge in [-0.2, -0.15) is 18.2 Å². The topological polar surface area (TPSA) is 38.2 Å². The standard InChI is InChI=1S/C16H15ClF3N3O/c17-14-5-21-6-15(22-14)24-10-12-8-23(9-12)7-11-2-1-3-13(4-11)16(18,19)20/h1-6,12H,7-10H2. The number of aromatic nitrogens is 2. The molecule has 1 fully saturated rings. The van der Waals surface area contributed by atoms with E-state index >= 15 is 0 Å². The van der Waals surface area contributed by atoms with E-state index in [2.05, 4.69) is 14.9 Å². The number of rotatable bonds is 5. The van der Waals surface area contributed by atoms with Crippen LogP contribution in [-0.4, -0.2) is 34.6 Å². The van der Waals surface area contributed by atoms with Gasteiger partial charge in [0, 0.05) is 25.6 Å². The number of likely N-dealkylation sites (tertiary alicyclic amines) is 1. The third-order valence-corrected chi connectivity index (χ3v) is 3.93. The van der Waals surface area contributed by atoms with Crippen LogP contribution in [0.15, 0.2) is 36.7 Å². The first kappa shape index (κ1) is 17.0. The van der Waals surface area contributed by atoms with Gasteiger partial charge in [-0.15, -0.1) is 0 Å². The zero-order valence-electron chi connectivity index (χ0n) is 12.6. The molecule has 24 heavy (non-hydrogen) atoms. The lowest BCUT2D eigenvalue weighted by Crippen LogP contribution is -2.48. The Morgan fingerprint density at radius 3 is 2.75 bits per heavy atom. The number of alkyl halides is 3. The van der Waals surface area contributed by atoms with Crippen LogP contribution in [0.4, 0.5) is 13.2 Å². The molecule has 1 aliphatic rings. The normalized spacial score (nSPS) is 16.0. The first-order valence-electron chi connectivity index (χ1n) is 7.39. The fourth-order valence-corrected chi connectivity index (χ4v) is 2.75. The van der Waals surface area contributed by atoms with E-state index in [9.17, 15) is 13.2 Å². The van der Waals surface area contributed by atoms with Crippen LogP contribution in [0.5, 0.6) is 5.88 Å². The summed E-state index contributed by atoms with van der Waals surface area (Å²) in [4.78, 5) is 9.94. The number of benzene rings is 1. The zero-order chi connectivity index (χ0) is 17.2. The van der Waals surface area contributed by atoms with Crippen LogP contribution >= 0.6 is 11.6 Å². The van der Waals surface area contributed by atoms with Gasteiger partial charge in [-0.25, -0.2) is 0 Å². The fourth-order valence-electron chi connectivity index (χ4n) is 2.61. The third kappa shape index (κ3) is 4.36. The van der Waals surface area contributed by atoms with Gasteiger partial charge in [0.2, 0.25) is 5.88 Å². The molecule has 0 saturated carbocycles. The van der Waals surface area contributed by atoms with Gasteiger partial charge >= 0.3 is 6.18 Å². The minimum absolute atomic E-state index is 0.271. The SMILES string of the molecule is FC(F)(F)c1cccc(CN2CC(COc3cncc(Cl)n3)C2)c1. The molecule has 0 aliphatic carbocycles. The molecule has 0 unspecified atom stereocenters. The number of ether oxygens (including phenoxy) is 1. The summed E-state index contributed by atoms with van der Waals surface area (Å²) < 4.78 is 43.6. The lowest BCUT2D eigenvalue weighted by Gasteiger charge is -2.39. The van der Waals surface area contributed by atoms with Crippen LogP contribution in [0.1, 0.15) is 11.1 Å². The lowest BCUT2D eigenvalue weighted by molar-refractivity contribution is -0.137. The minimum atomic E-state index is -4.31. The van der Waals surface area contributed by atoms with E-state index in [1.165, 1.54) is 24.5 Å². The van der Waals surface area contributed by atoms with E-state index < -0.39 is 11.7 Å². The lowest BCUT2D eigenvalue weighted by atomic mass is 10.00. The molecule has 0 bridgehead atoms. The molecule has 1 saturated heterocycles. The van der Waals surface area contributed by atoms with Crippen molar-refractivity contribution >= 4 is 11.6 Å². The highest BCUT2D eigenvalue weighted by Gasteiger charge is 2.31. The molecule has 1 aliphatic heterocycles. The Morgan fingerprint density at radius 1 is 1.25 bits per heavy atom. The van der Waals surface area contributed by atoms with Gasteiger partial charge in [0.25, 0.3) is 0 Å². The van der Waals surface area contributed by atoms with Crippen LogP contribution in [0, 0.1) is 5.92 Å². The molecular weight excluding hydrogens is 343 g/mol. The van der Waals surface area contributed by atoms with E-state index in [1.54, 1.807) is 6.07 Å². The van der Waals surface area contributed by atoms with E-state index in [1.807, 2.05) is 0 Å². The van der Waals surface area contributed by atoms with Crippen molar-refractivity contribution in [2.24, 2.45) is 5.92 Å². The van der Waals surface area contributed by atoms with Crippen molar-refractivity contribution in [2.45, 2.75) is 12.7 Å². The minimum Gasteiger partial charge on any atom is -0.476 e. The summed E-state index contributed by atoms with van der Waals surface area (Å²) in [5.41, 5.74) is 0.0461. The summed E-state index contributed by atoms with van der Waals surface area (Å²) in [6, 6.07) is 5.44. The Balaban J connectivity index is 1.46. The van der Waals surface area contributed by atoms with Crippen molar-refractivity contribution in [3.05, 3.63) is 52.9 Å². The summed E-state index contributed by atoms with van der Waals surface area (Å²) in [5.74, 6) is 0.690. The van der Waals surface area contributed by atoms with Crippen molar-refractivity contribution in [1.29, 1.82) is 0 Å². The Labute approximate surface area is 142 Å². The second-order valence-corrected chi connectivity index (χ2v) is 6.14. The van der Waals surface area contributed by atoms with Crippen LogP contribution in [0.25, 0.3) is 0 Å². The maximum Gasteiger partial charge on any atom is 0.416 e. The van der Waals surface area contributed by atoms with E-state index in [0.29, 0.717) is 30.5 Å². The first-order chi connectivity index (χ1) is 11.4. The van der Waals surface area contributed by atoms with Crippen LogP contribution in [-0.2, 0) is 12.7 Å². The van der Waals surface area contributed by atoms with E-state index in [4.69, 9.17) is 16.3 Å². The molecule has 4 nitrogen and oxygen atoms in total. The number of hydrogen-bond donors (Lipinski definition) is 0. The number of nitrogens with zero attached hydrogens (tertiary/aromatic N) is 3. The fraction of sp³-hybridized carbons (Fsp3) is 0.375. The molecule has 2 heterocycles. The maximum absolute atomic E-state index is 12.7. The average Bonchev–Trinajstić information content (AvgIpc) is 2.49. The molecule has 1 aromatic heterocycles. The van der Waals surface area contributed by atoms with Crippen molar-refractivity contribution in [2.75, 3.05) is 19.7 Å². The smallest absolute Gasteiger partial charge is 0.416 e. The summed E-state index contributed by atoms with van der Waals surface area (Å²) in [7, 11) is 0. The Morgan fingerprint density at radius 2 is 2.04 bits per heavy atom.